The molecule has 150 valence electrons. The van der Waals surface area contributed by atoms with E-state index in [2.05, 4.69) is 56.6 Å². The predicted octanol–water partition coefficient (Wildman–Crippen LogP) is 4.10. The minimum atomic E-state index is -0.0819. The summed E-state index contributed by atoms with van der Waals surface area (Å²) in [7, 11) is 0. The number of aromatic nitrogens is 2. The largest absolute Gasteiger partial charge is 0.366 e. The summed E-state index contributed by atoms with van der Waals surface area (Å²) in [5, 5.41) is 4.25. The van der Waals surface area contributed by atoms with Crippen LogP contribution in [0, 0.1) is 0 Å². The third kappa shape index (κ3) is 3.66. The molecule has 1 aliphatic rings. The molecule has 0 saturated heterocycles. The van der Waals surface area contributed by atoms with Gasteiger partial charge in [-0.3, -0.25) is 9.78 Å². The van der Waals surface area contributed by atoms with Crippen molar-refractivity contribution in [3.05, 3.63) is 95.4 Å². The first-order chi connectivity index (χ1) is 14.8. The van der Waals surface area contributed by atoms with E-state index in [-0.39, 0.29) is 5.91 Å². The molecular weight excluding hydrogens is 372 g/mol. The standard InChI is InChI=1S/C25H24N4O/c30-25(27-11-9-19-15-28-24-8-4-3-7-23(19)24)21-13-22(16-26-14-21)29-12-10-18-5-1-2-6-20(18)17-29/h1-8,13-16,28H,9-12,17H2,(H,27,30). The molecule has 0 bridgehead atoms. The molecule has 5 rings (SSSR count). The first kappa shape index (κ1) is 18.4. The Kier molecular flexibility index (Phi) is 4.93. The molecule has 0 atom stereocenters. The van der Waals surface area contributed by atoms with Gasteiger partial charge in [-0.15, -0.1) is 0 Å². The van der Waals surface area contributed by atoms with Crippen molar-refractivity contribution in [3.63, 3.8) is 0 Å². The van der Waals surface area contributed by atoms with Crippen LogP contribution in [0.1, 0.15) is 27.0 Å². The number of hydrogen-bond acceptors (Lipinski definition) is 3. The first-order valence-corrected chi connectivity index (χ1v) is 10.4. The fraction of sp³-hybridized carbons (Fsp3) is 0.200. The first-order valence-electron chi connectivity index (χ1n) is 10.4. The lowest BCUT2D eigenvalue weighted by atomic mass is 9.99. The average molecular weight is 396 g/mol. The Bertz CT molecular complexity index is 1200. The van der Waals surface area contributed by atoms with Gasteiger partial charge >= 0.3 is 0 Å². The molecule has 0 saturated carbocycles. The number of aromatic amines is 1. The van der Waals surface area contributed by atoms with Gasteiger partial charge in [0, 0.05) is 42.9 Å². The van der Waals surface area contributed by atoms with Crippen molar-refractivity contribution < 1.29 is 4.79 Å². The van der Waals surface area contributed by atoms with Gasteiger partial charge in [0.25, 0.3) is 5.91 Å². The molecule has 2 aromatic heterocycles. The third-order valence-corrected chi connectivity index (χ3v) is 5.84. The summed E-state index contributed by atoms with van der Waals surface area (Å²) in [6, 6.07) is 18.7. The zero-order chi connectivity index (χ0) is 20.3. The number of H-pyrrole nitrogens is 1. The highest BCUT2D eigenvalue weighted by molar-refractivity contribution is 5.94. The monoisotopic (exact) mass is 396 g/mol. The second-order valence-electron chi connectivity index (χ2n) is 7.74. The molecule has 2 aromatic carbocycles. The number of rotatable bonds is 5. The van der Waals surface area contributed by atoms with Gasteiger partial charge in [-0.05, 0) is 41.7 Å². The minimum absolute atomic E-state index is 0.0819. The van der Waals surface area contributed by atoms with Gasteiger partial charge in [-0.2, -0.15) is 0 Å². The summed E-state index contributed by atoms with van der Waals surface area (Å²) in [5.74, 6) is -0.0819. The van der Waals surface area contributed by atoms with Crippen LogP contribution in [-0.2, 0) is 19.4 Å². The van der Waals surface area contributed by atoms with Crippen molar-refractivity contribution in [3.8, 4) is 0 Å². The summed E-state index contributed by atoms with van der Waals surface area (Å²) in [6.07, 6.45) is 7.30. The molecule has 0 fully saturated rings. The van der Waals surface area contributed by atoms with E-state index in [1.54, 1.807) is 6.20 Å². The van der Waals surface area contributed by atoms with E-state index < -0.39 is 0 Å². The van der Waals surface area contributed by atoms with E-state index in [9.17, 15) is 4.79 Å². The fourth-order valence-electron chi connectivity index (χ4n) is 4.19. The topological polar surface area (TPSA) is 61.0 Å². The smallest absolute Gasteiger partial charge is 0.252 e. The SMILES string of the molecule is O=C(NCCc1c[nH]c2ccccc12)c1cncc(N2CCc3ccccc3C2)c1. The number of para-hydroxylation sites is 1. The van der Waals surface area contributed by atoms with E-state index in [4.69, 9.17) is 0 Å². The molecular formula is C25H24N4O. The maximum Gasteiger partial charge on any atom is 0.252 e. The zero-order valence-corrected chi connectivity index (χ0v) is 16.8. The van der Waals surface area contributed by atoms with E-state index in [1.165, 1.54) is 22.1 Å². The van der Waals surface area contributed by atoms with Gasteiger partial charge in [0.15, 0.2) is 0 Å². The summed E-state index contributed by atoms with van der Waals surface area (Å²) < 4.78 is 0. The Morgan fingerprint density at radius 1 is 1.07 bits per heavy atom. The molecule has 1 aliphatic heterocycles. The number of amides is 1. The number of carbonyl (C=O) groups is 1. The van der Waals surface area contributed by atoms with E-state index in [0.717, 1.165) is 37.1 Å². The number of anilines is 1. The van der Waals surface area contributed by atoms with Crippen molar-refractivity contribution in [1.82, 2.24) is 15.3 Å². The molecule has 1 amide bonds. The lowest BCUT2D eigenvalue weighted by Gasteiger charge is -2.30. The van der Waals surface area contributed by atoms with Gasteiger partial charge in [0.1, 0.15) is 0 Å². The predicted molar refractivity (Wildman–Crippen MR) is 120 cm³/mol. The molecule has 0 spiro atoms. The molecule has 0 aliphatic carbocycles. The van der Waals surface area contributed by atoms with Gasteiger partial charge < -0.3 is 15.2 Å². The molecule has 2 N–H and O–H groups in total. The van der Waals surface area contributed by atoms with Crippen LogP contribution >= 0.6 is 0 Å². The van der Waals surface area contributed by atoms with Gasteiger partial charge in [0.05, 0.1) is 17.4 Å². The second-order valence-corrected chi connectivity index (χ2v) is 7.74. The molecule has 0 unspecified atom stereocenters. The van der Waals surface area contributed by atoms with Crippen molar-refractivity contribution in [2.75, 3.05) is 18.0 Å². The Morgan fingerprint density at radius 3 is 2.83 bits per heavy atom. The van der Waals surface area contributed by atoms with Crippen molar-refractivity contribution in [2.24, 2.45) is 0 Å². The number of pyridine rings is 1. The van der Waals surface area contributed by atoms with Crippen LogP contribution < -0.4 is 10.2 Å². The Labute approximate surface area is 175 Å². The Balaban J connectivity index is 1.23. The minimum Gasteiger partial charge on any atom is -0.366 e. The molecule has 5 nitrogen and oxygen atoms in total. The van der Waals surface area contributed by atoms with E-state index in [0.29, 0.717) is 12.1 Å². The van der Waals surface area contributed by atoms with Crippen LogP contribution in [0.4, 0.5) is 5.69 Å². The highest BCUT2D eigenvalue weighted by Crippen LogP contribution is 2.24. The summed E-state index contributed by atoms with van der Waals surface area (Å²) >= 11 is 0. The van der Waals surface area contributed by atoms with Crippen LogP contribution in [0.3, 0.4) is 0 Å². The molecule has 4 aromatic rings. The number of carbonyl (C=O) groups excluding carboxylic acids is 1. The summed E-state index contributed by atoms with van der Waals surface area (Å²) in [4.78, 5) is 22.6. The molecule has 5 heteroatoms. The Morgan fingerprint density at radius 2 is 1.90 bits per heavy atom. The van der Waals surface area contributed by atoms with Gasteiger partial charge in [-0.1, -0.05) is 42.5 Å². The number of fused-ring (bicyclic) bond motifs is 2. The van der Waals surface area contributed by atoms with Crippen LogP contribution in [-0.4, -0.2) is 29.0 Å². The zero-order valence-electron chi connectivity index (χ0n) is 16.8. The number of nitrogens with one attached hydrogen (secondary N) is 2. The third-order valence-electron chi connectivity index (χ3n) is 5.84. The van der Waals surface area contributed by atoms with Crippen molar-refractivity contribution in [1.29, 1.82) is 0 Å². The van der Waals surface area contributed by atoms with Gasteiger partial charge in [0.2, 0.25) is 0 Å². The Hall–Kier alpha value is -3.60. The molecule has 3 heterocycles. The van der Waals surface area contributed by atoms with Crippen molar-refractivity contribution >= 4 is 22.5 Å². The van der Waals surface area contributed by atoms with Crippen LogP contribution in [0.2, 0.25) is 0 Å². The van der Waals surface area contributed by atoms with E-state index >= 15 is 0 Å². The fourth-order valence-corrected chi connectivity index (χ4v) is 4.19. The lowest BCUT2D eigenvalue weighted by molar-refractivity contribution is 0.0954. The molecule has 0 radical (unpaired) electrons. The quantitative estimate of drug-likeness (QED) is 0.534. The summed E-state index contributed by atoms with van der Waals surface area (Å²) in [6.45, 7) is 2.37. The van der Waals surface area contributed by atoms with Gasteiger partial charge in [-0.25, -0.2) is 0 Å². The summed E-state index contributed by atoms with van der Waals surface area (Å²) in [5.41, 5.74) is 6.69. The number of nitrogens with zero attached hydrogens (tertiary/aromatic N) is 2. The number of hydrogen-bond donors (Lipinski definition) is 2. The highest BCUT2D eigenvalue weighted by atomic mass is 16.1. The van der Waals surface area contributed by atoms with E-state index in [1.807, 2.05) is 30.6 Å². The maximum atomic E-state index is 12.7. The lowest BCUT2D eigenvalue weighted by Crippen LogP contribution is -2.31. The van der Waals surface area contributed by atoms with Crippen LogP contribution in [0.15, 0.2) is 73.2 Å². The maximum absolute atomic E-state index is 12.7. The average Bonchev–Trinajstić information content (AvgIpc) is 3.22. The molecule has 30 heavy (non-hydrogen) atoms. The second kappa shape index (κ2) is 8.03. The number of benzene rings is 2. The van der Waals surface area contributed by atoms with Crippen LogP contribution in [0.5, 0.6) is 0 Å². The normalized spacial score (nSPS) is 13.3. The van der Waals surface area contributed by atoms with Crippen LogP contribution in [0.25, 0.3) is 10.9 Å². The highest BCUT2D eigenvalue weighted by Gasteiger charge is 2.17. The van der Waals surface area contributed by atoms with Crippen molar-refractivity contribution in [2.45, 2.75) is 19.4 Å².